The van der Waals surface area contributed by atoms with Gasteiger partial charge in [0.2, 0.25) is 0 Å². The van der Waals surface area contributed by atoms with Crippen LogP contribution >= 0.6 is 0 Å². The lowest BCUT2D eigenvalue weighted by molar-refractivity contribution is 0.0692. The van der Waals surface area contributed by atoms with Gasteiger partial charge in [-0.2, -0.15) is 0 Å². The van der Waals surface area contributed by atoms with Crippen LogP contribution < -0.4 is 5.32 Å². The Labute approximate surface area is 116 Å². The zero-order valence-electron chi connectivity index (χ0n) is 11.3. The predicted octanol–water partition coefficient (Wildman–Crippen LogP) is 2.91. The van der Waals surface area contributed by atoms with Crippen molar-refractivity contribution in [3.8, 4) is 0 Å². The topological polar surface area (TPSA) is 67.2 Å². The predicted molar refractivity (Wildman–Crippen MR) is 73.3 cm³/mol. The molecular weight excluding hydrogens is 261 g/mol. The van der Waals surface area contributed by atoms with Gasteiger partial charge in [-0.15, -0.1) is 0 Å². The molecule has 0 spiro atoms. The number of nitrogens with zero attached hydrogens (tertiary/aromatic N) is 2. The summed E-state index contributed by atoms with van der Waals surface area (Å²) in [5.74, 6) is -2.02. The van der Waals surface area contributed by atoms with Crippen molar-refractivity contribution in [3.63, 3.8) is 0 Å². The first-order valence-electron chi connectivity index (χ1n) is 6.26. The van der Waals surface area contributed by atoms with Gasteiger partial charge in [0.1, 0.15) is 5.82 Å². The van der Waals surface area contributed by atoms with Crippen LogP contribution in [-0.4, -0.2) is 20.6 Å². The fourth-order valence-electron chi connectivity index (χ4n) is 1.93. The monoisotopic (exact) mass is 277 g/mol. The molecule has 0 aliphatic heterocycles. The maximum atomic E-state index is 13.3. The number of aromatic carboxylic acids is 1. The summed E-state index contributed by atoms with van der Waals surface area (Å²) in [5.41, 5.74) is 1.19. The van der Waals surface area contributed by atoms with Crippen molar-refractivity contribution in [2.24, 2.45) is 0 Å². The number of anilines is 1. The van der Waals surface area contributed by atoms with Crippen molar-refractivity contribution < 1.29 is 14.3 Å². The van der Waals surface area contributed by atoms with E-state index in [1.54, 1.807) is 12.5 Å². The van der Waals surface area contributed by atoms with Gasteiger partial charge in [0.05, 0.1) is 24.1 Å². The molecule has 0 fully saturated rings. The summed E-state index contributed by atoms with van der Waals surface area (Å²) in [6.45, 7) is 4.58. The Bertz CT molecular complexity index is 623. The smallest absolute Gasteiger partial charge is 0.338 e. The molecule has 6 heteroatoms. The number of halogens is 1. The van der Waals surface area contributed by atoms with Crippen LogP contribution in [0.2, 0.25) is 0 Å². The van der Waals surface area contributed by atoms with Crippen LogP contribution in [0.3, 0.4) is 0 Å². The van der Waals surface area contributed by atoms with E-state index >= 15 is 0 Å². The van der Waals surface area contributed by atoms with Crippen molar-refractivity contribution in [3.05, 3.63) is 47.8 Å². The van der Waals surface area contributed by atoms with Gasteiger partial charge in [0.15, 0.2) is 0 Å². The van der Waals surface area contributed by atoms with E-state index in [9.17, 15) is 9.18 Å². The molecule has 106 valence electrons. The molecule has 1 aromatic carbocycles. The van der Waals surface area contributed by atoms with E-state index < -0.39 is 11.8 Å². The summed E-state index contributed by atoms with van der Waals surface area (Å²) in [5, 5.41) is 12.0. The number of benzene rings is 1. The minimum absolute atomic E-state index is 0.289. The van der Waals surface area contributed by atoms with Crippen LogP contribution in [-0.2, 0) is 6.54 Å². The van der Waals surface area contributed by atoms with Gasteiger partial charge < -0.3 is 15.0 Å². The van der Waals surface area contributed by atoms with Crippen LogP contribution in [0.5, 0.6) is 0 Å². The molecule has 5 nitrogen and oxygen atoms in total. The first kappa shape index (κ1) is 14.0. The fourth-order valence-corrected chi connectivity index (χ4v) is 1.93. The van der Waals surface area contributed by atoms with Crippen LogP contribution in [0.25, 0.3) is 0 Å². The normalized spacial score (nSPS) is 10.8. The first-order chi connectivity index (χ1) is 9.49. The van der Waals surface area contributed by atoms with Crippen molar-refractivity contribution in [1.29, 1.82) is 0 Å². The molecule has 0 amide bonds. The number of nitrogens with one attached hydrogen (secondary N) is 1. The molecule has 0 saturated carbocycles. The second-order valence-corrected chi connectivity index (χ2v) is 4.74. The van der Waals surface area contributed by atoms with Crippen molar-refractivity contribution in [2.45, 2.75) is 26.4 Å². The highest BCUT2D eigenvalue weighted by atomic mass is 19.1. The number of carbonyl (C=O) groups is 1. The molecule has 0 unspecified atom stereocenters. The van der Waals surface area contributed by atoms with Crippen molar-refractivity contribution in [2.75, 3.05) is 5.32 Å². The molecule has 1 aromatic heterocycles. The van der Waals surface area contributed by atoms with E-state index in [0.717, 1.165) is 11.8 Å². The largest absolute Gasteiger partial charge is 0.478 e. The zero-order valence-corrected chi connectivity index (χ0v) is 11.3. The molecule has 1 heterocycles. The summed E-state index contributed by atoms with van der Waals surface area (Å²) in [7, 11) is 0. The van der Waals surface area contributed by atoms with Gasteiger partial charge in [-0.3, -0.25) is 0 Å². The number of carboxylic acid groups (broad SMARTS) is 1. The van der Waals surface area contributed by atoms with Crippen molar-refractivity contribution in [1.82, 2.24) is 9.55 Å². The molecule has 0 aliphatic carbocycles. The third-order valence-corrected chi connectivity index (χ3v) is 2.97. The minimum atomic E-state index is -1.28. The van der Waals surface area contributed by atoms with Gasteiger partial charge >= 0.3 is 5.97 Å². The fraction of sp³-hybridized carbons (Fsp3) is 0.286. The summed E-state index contributed by atoms with van der Waals surface area (Å²) in [6.07, 6.45) is 3.49. The Morgan fingerprint density at radius 2 is 2.25 bits per heavy atom. The molecular formula is C14H16FN3O2. The zero-order chi connectivity index (χ0) is 14.7. The maximum Gasteiger partial charge on any atom is 0.338 e. The number of imidazole rings is 1. The van der Waals surface area contributed by atoms with Crippen LogP contribution in [0.15, 0.2) is 30.7 Å². The molecule has 2 rings (SSSR count). The van der Waals surface area contributed by atoms with E-state index in [2.05, 4.69) is 10.3 Å². The molecule has 20 heavy (non-hydrogen) atoms. The molecule has 0 radical (unpaired) electrons. The second kappa shape index (κ2) is 5.73. The van der Waals surface area contributed by atoms with Gasteiger partial charge in [-0.1, -0.05) is 0 Å². The summed E-state index contributed by atoms with van der Waals surface area (Å²) >= 11 is 0. The number of hydrogen-bond acceptors (Lipinski definition) is 3. The minimum Gasteiger partial charge on any atom is -0.478 e. The lowest BCUT2D eigenvalue weighted by Crippen LogP contribution is -2.09. The highest BCUT2D eigenvalue weighted by Crippen LogP contribution is 2.16. The molecule has 0 bridgehead atoms. The van der Waals surface area contributed by atoms with Crippen LogP contribution in [0.1, 0.15) is 35.9 Å². The Morgan fingerprint density at radius 1 is 1.50 bits per heavy atom. The molecule has 0 aliphatic rings. The third kappa shape index (κ3) is 2.96. The third-order valence-electron chi connectivity index (χ3n) is 2.97. The van der Waals surface area contributed by atoms with Gasteiger partial charge in [-0.05, 0) is 32.0 Å². The molecule has 0 atom stereocenters. The highest BCUT2D eigenvalue weighted by molar-refractivity contribution is 5.89. The SMILES string of the molecule is CC(C)n1cncc1CNc1ccc(F)c(C(=O)O)c1. The average Bonchev–Trinajstić information content (AvgIpc) is 2.86. The number of aromatic nitrogens is 2. The number of rotatable bonds is 5. The van der Waals surface area contributed by atoms with Gasteiger partial charge in [0.25, 0.3) is 0 Å². The first-order valence-corrected chi connectivity index (χ1v) is 6.26. The summed E-state index contributed by atoms with van der Waals surface area (Å²) in [4.78, 5) is 15.0. The van der Waals surface area contributed by atoms with Crippen molar-refractivity contribution >= 4 is 11.7 Å². The molecule has 0 saturated heterocycles. The lowest BCUT2D eigenvalue weighted by Gasteiger charge is -2.13. The molecule has 2 N–H and O–H groups in total. The Kier molecular flexibility index (Phi) is 4.02. The van der Waals surface area contributed by atoms with Gasteiger partial charge in [0, 0.05) is 17.9 Å². The Hall–Kier alpha value is -2.37. The summed E-state index contributed by atoms with van der Waals surface area (Å²) in [6, 6.07) is 4.23. The quantitative estimate of drug-likeness (QED) is 0.881. The number of hydrogen-bond donors (Lipinski definition) is 2. The second-order valence-electron chi connectivity index (χ2n) is 4.74. The Balaban J connectivity index is 2.13. The lowest BCUT2D eigenvalue weighted by atomic mass is 10.2. The van der Waals surface area contributed by atoms with E-state index in [1.807, 2.05) is 18.4 Å². The highest BCUT2D eigenvalue weighted by Gasteiger charge is 2.11. The Morgan fingerprint density at radius 3 is 2.90 bits per heavy atom. The standard InChI is InChI=1S/C14H16FN3O2/c1-9(2)18-8-16-6-11(18)7-17-10-3-4-13(15)12(5-10)14(19)20/h3-6,8-9,17H,7H2,1-2H3,(H,19,20). The summed E-state index contributed by atoms with van der Waals surface area (Å²) < 4.78 is 15.3. The number of carboxylic acids is 1. The van der Waals surface area contributed by atoms with E-state index in [0.29, 0.717) is 12.2 Å². The van der Waals surface area contributed by atoms with E-state index in [-0.39, 0.29) is 11.6 Å². The molecule has 2 aromatic rings. The van der Waals surface area contributed by atoms with Crippen LogP contribution in [0, 0.1) is 5.82 Å². The average molecular weight is 277 g/mol. The van der Waals surface area contributed by atoms with E-state index in [4.69, 9.17) is 5.11 Å². The van der Waals surface area contributed by atoms with Gasteiger partial charge in [-0.25, -0.2) is 14.2 Å². The van der Waals surface area contributed by atoms with Crippen LogP contribution in [0.4, 0.5) is 10.1 Å². The maximum absolute atomic E-state index is 13.3. The van der Waals surface area contributed by atoms with E-state index in [1.165, 1.54) is 12.1 Å².